The van der Waals surface area contributed by atoms with Crippen LogP contribution in [0.3, 0.4) is 0 Å². The molecule has 0 saturated carbocycles. The van der Waals surface area contributed by atoms with Gasteiger partial charge in [0.2, 0.25) is 0 Å². The van der Waals surface area contributed by atoms with Crippen LogP contribution in [-0.4, -0.2) is 12.1 Å². The van der Waals surface area contributed by atoms with Crippen LogP contribution in [0.1, 0.15) is 11.3 Å². The Balaban J connectivity index is 2.38. The zero-order valence-corrected chi connectivity index (χ0v) is 13.9. The summed E-state index contributed by atoms with van der Waals surface area (Å²) in [6.45, 7) is 1.79. The largest absolute Gasteiger partial charge is 0.497 e. The van der Waals surface area contributed by atoms with Gasteiger partial charge in [0.15, 0.2) is 0 Å². The molecule has 0 atom stereocenters. The summed E-state index contributed by atoms with van der Waals surface area (Å²) >= 11 is 0. The predicted molar refractivity (Wildman–Crippen MR) is 95.5 cm³/mol. The lowest BCUT2D eigenvalue weighted by Crippen LogP contribution is -2.04. The van der Waals surface area contributed by atoms with E-state index in [-0.39, 0.29) is 11.4 Å². The number of rotatable bonds is 3. The summed E-state index contributed by atoms with van der Waals surface area (Å²) in [7, 11) is 1.59. The van der Waals surface area contributed by atoms with E-state index in [1.54, 1.807) is 32.2 Å². The molecule has 0 aliphatic heterocycles. The summed E-state index contributed by atoms with van der Waals surface area (Å²) < 4.78 is 19.7. The average Bonchev–Trinajstić information content (AvgIpc) is 2.62. The van der Waals surface area contributed by atoms with Crippen LogP contribution < -0.4 is 10.5 Å². The maximum atomic E-state index is 14.5. The molecule has 0 radical (unpaired) electrons. The van der Waals surface area contributed by atoms with Crippen molar-refractivity contribution in [3.63, 3.8) is 0 Å². The summed E-state index contributed by atoms with van der Waals surface area (Å²) in [6.07, 6.45) is 0. The third kappa shape index (κ3) is 2.90. The molecule has 4 nitrogen and oxygen atoms in total. The highest BCUT2D eigenvalue weighted by Gasteiger charge is 2.21. The van der Waals surface area contributed by atoms with Gasteiger partial charge in [-0.1, -0.05) is 30.3 Å². The number of nitrogens with two attached hydrogens (primary N) is 1. The van der Waals surface area contributed by atoms with E-state index in [1.165, 1.54) is 6.07 Å². The number of hydrogen-bond donors (Lipinski definition) is 1. The third-order valence-electron chi connectivity index (χ3n) is 4.04. The standard InChI is InChI=1S/C20H16FN3O/c1-12-18(13-7-9-14(25-2)10-8-13)19(16(11-22)20(23)24-12)15-5-3-4-6-17(15)21/h3-10H,1-2H3,(H2,23,24). The van der Waals surface area contributed by atoms with Crippen molar-refractivity contribution in [2.75, 3.05) is 12.8 Å². The highest BCUT2D eigenvalue weighted by molar-refractivity contribution is 5.91. The summed E-state index contributed by atoms with van der Waals surface area (Å²) in [5, 5.41) is 9.58. The number of hydrogen-bond acceptors (Lipinski definition) is 4. The minimum Gasteiger partial charge on any atom is -0.497 e. The highest BCUT2D eigenvalue weighted by Crippen LogP contribution is 2.39. The van der Waals surface area contributed by atoms with E-state index in [4.69, 9.17) is 10.5 Å². The van der Waals surface area contributed by atoms with Crippen LogP contribution in [0.4, 0.5) is 10.2 Å². The van der Waals surface area contributed by atoms with Gasteiger partial charge in [-0.2, -0.15) is 5.26 Å². The zero-order chi connectivity index (χ0) is 18.0. The molecule has 0 aliphatic carbocycles. The van der Waals surface area contributed by atoms with E-state index < -0.39 is 5.82 Å². The van der Waals surface area contributed by atoms with Crippen molar-refractivity contribution in [1.82, 2.24) is 4.98 Å². The van der Waals surface area contributed by atoms with E-state index in [2.05, 4.69) is 11.1 Å². The van der Waals surface area contributed by atoms with E-state index in [0.717, 1.165) is 5.56 Å². The second kappa shape index (κ2) is 6.62. The highest BCUT2D eigenvalue weighted by atomic mass is 19.1. The maximum Gasteiger partial charge on any atom is 0.142 e. The molecule has 0 saturated heterocycles. The number of pyridine rings is 1. The number of aromatic nitrogens is 1. The van der Waals surface area contributed by atoms with Gasteiger partial charge >= 0.3 is 0 Å². The molecule has 0 amide bonds. The first kappa shape index (κ1) is 16.5. The zero-order valence-electron chi connectivity index (χ0n) is 13.9. The Hall–Kier alpha value is -3.39. The van der Waals surface area contributed by atoms with E-state index in [1.807, 2.05) is 24.3 Å². The van der Waals surface area contributed by atoms with Gasteiger partial charge in [-0.25, -0.2) is 9.37 Å². The van der Waals surface area contributed by atoms with Gasteiger partial charge in [-0.05, 0) is 30.7 Å². The van der Waals surface area contributed by atoms with Gasteiger partial charge in [0, 0.05) is 22.4 Å². The fourth-order valence-corrected chi connectivity index (χ4v) is 2.88. The average molecular weight is 333 g/mol. The molecule has 124 valence electrons. The van der Waals surface area contributed by atoms with Crippen LogP contribution in [0.5, 0.6) is 5.75 Å². The predicted octanol–water partition coefficient (Wildman–Crippen LogP) is 4.33. The third-order valence-corrected chi connectivity index (χ3v) is 4.04. The second-order valence-electron chi connectivity index (χ2n) is 5.53. The van der Waals surface area contributed by atoms with Gasteiger partial charge in [0.05, 0.1) is 7.11 Å². The first-order valence-corrected chi connectivity index (χ1v) is 7.66. The molecule has 0 spiro atoms. The number of nitrogen functional groups attached to an aromatic ring is 1. The van der Waals surface area contributed by atoms with Crippen molar-refractivity contribution in [1.29, 1.82) is 5.26 Å². The Kier molecular flexibility index (Phi) is 4.36. The molecule has 1 aromatic heterocycles. The van der Waals surface area contributed by atoms with Crippen molar-refractivity contribution >= 4 is 5.82 Å². The molecule has 2 N–H and O–H groups in total. The first-order valence-electron chi connectivity index (χ1n) is 7.66. The SMILES string of the molecule is COc1ccc(-c2c(C)nc(N)c(C#N)c2-c2ccccc2F)cc1. The molecular weight excluding hydrogens is 317 g/mol. The van der Waals surface area contributed by atoms with E-state index in [0.29, 0.717) is 28.1 Å². The van der Waals surface area contributed by atoms with Crippen LogP contribution in [0.2, 0.25) is 0 Å². The number of benzene rings is 2. The van der Waals surface area contributed by atoms with Crippen LogP contribution in [0.15, 0.2) is 48.5 Å². The fraction of sp³-hybridized carbons (Fsp3) is 0.100. The van der Waals surface area contributed by atoms with E-state index >= 15 is 0 Å². The Bertz CT molecular complexity index is 975. The molecule has 25 heavy (non-hydrogen) atoms. The number of halogens is 1. The topological polar surface area (TPSA) is 71.9 Å². The smallest absolute Gasteiger partial charge is 0.142 e. The molecule has 0 fully saturated rings. The number of nitriles is 1. The van der Waals surface area contributed by atoms with Crippen LogP contribution in [0.25, 0.3) is 22.3 Å². The summed E-state index contributed by atoms with van der Waals surface area (Å²) in [4.78, 5) is 4.28. The fourth-order valence-electron chi connectivity index (χ4n) is 2.88. The minimum absolute atomic E-state index is 0.0931. The molecule has 0 bridgehead atoms. The lowest BCUT2D eigenvalue weighted by atomic mass is 9.90. The number of anilines is 1. The first-order chi connectivity index (χ1) is 12.1. The second-order valence-corrected chi connectivity index (χ2v) is 5.53. The summed E-state index contributed by atoms with van der Waals surface area (Å²) in [5.41, 5.74) is 8.99. The maximum absolute atomic E-state index is 14.5. The number of aryl methyl sites for hydroxylation is 1. The lowest BCUT2D eigenvalue weighted by molar-refractivity contribution is 0.415. The van der Waals surface area contributed by atoms with E-state index in [9.17, 15) is 9.65 Å². The van der Waals surface area contributed by atoms with Gasteiger partial charge in [-0.3, -0.25) is 0 Å². The van der Waals surface area contributed by atoms with Crippen LogP contribution in [-0.2, 0) is 0 Å². The molecule has 0 aliphatic rings. The lowest BCUT2D eigenvalue weighted by Gasteiger charge is -2.17. The van der Waals surface area contributed by atoms with Crippen molar-refractivity contribution in [2.45, 2.75) is 6.92 Å². The van der Waals surface area contributed by atoms with Gasteiger partial charge in [-0.15, -0.1) is 0 Å². The van der Waals surface area contributed by atoms with Crippen LogP contribution in [0, 0.1) is 24.1 Å². The molecule has 3 aromatic rings. The van der Waals surface area contributed by atoms with Crippen molar-refractivity contribution in [2.24, 2.45) is 0 Å². The Morgan fingerprint density at radius 2 is 1.76 bits per heavy atom. The molecular formula is C20H16FN3O. The van der Waals surface area contributed by atoms with Crippen molar-refractivity contribution in [3.8, 4) is 34.1 Å². The van der Waals surface area contributed by atoms with Crippen LogP contribution >= 0.6 is 0 Å². The van der Waals surface area contributed by atoms with Crippen molar-refractivity contribution in [3.05, 3.63) is 65.6 Å². The Morgan fingerprint density at radius 3 is 2.36 bits per heavy atom. The van der Waals surface area contributed by atoms with Gasteiger partial charge in [0.1, 0.15) is 29.0 Å². The van der Waals surface area contributed by atoms with Gasteiger partial charge in [0.25, 0.3) is 0 Å². The normalized spacial score (nSPS) is 10.3. The monoisotopic (exact) mass is 333 g/mol. The van der Waals surface area contributed by atoms with Crippen molar-refractivity contribution < 1.29 is 9.13 Å². The molecule has 3 rings (SSSR count). The quantitative estimate of drug-likeness (QED) is 0.774. The molecule has 2 aromatic carbocycles. The van der Waals surface area contributed by atoms with Gasteiger partial charge < -0.3 is 10.5 Å². The number of methoxy groups -OCH3 is 1. The molecule has 5 heteroatoms. The summed E-state index contributed by atoms with van der Waals surface area (Å²) in [5.74, 6) is 0.382. The minimum atomic E-state index is -0.418. The number of ether oxygens (including phenoxy) is 1. The number of nitrogens with zero attached hydrogens (tertiary/aromatic N) is 2. The Labute approximate surface area is 145 Å². The Morgan fingerprint density at radius 1 is 1.08 bits per heavy atom. The molecule has 0 unspecified atom stereocenters. The summed E-state index contributed by atoms with van der Waals surface area (Å²) in [6, 6.07) is 15.7. The molecule has 1 heterocycles.